The number of nitrogens with zero attached hydrogens (tertiary/aromatic N) is 2. The number of carbonyl (C=O) groups excluding carboxylic acids is 1. The van der Waals surface area contributed by atoms with E-state index in [2.05, 4.69) is 15.5 Å². The van der Waals surface area contributed by atoms with E-state index in [9.17, 15) is 4.79 Å². The normalized spacial score (nSPS) is 23.3. The van der Waals surface area contributed by atoms with E-state index >= 15 is 0 Å². The molecule has 0 aliphatic heterocycles. The fraction of sp³-hybridized carbons (Fsp3) is 0.462. The Kier molecular flexibility index (Phi) is 3.99. The number of pyridine rings is 1. The first kappa shape index (κ1) is 13.3. The van der Waals surface area contributed by atoms with Crippen molar-refractivity contribution in [3.8, 4) is 0 Å². The van der Waals surface area contributed by atoms with Crippen LogP contribution in [0, 0.1) is 12.8 Å². The van der Waals surface area contributed by atoms with E-state index in [1.165, 1.54) is 0 Å². The lowest BCUT2D eigenvalue weighted by Gasteiger charge is -2.19. The molecule has 1 aromatic heterocycles. The van der Waals surface area contributed by atoms with Gasteiger partial charge in [0.1, 0.15) is 11.5 Å². The first-order chi connectivity index (χ1) is 9.13. The lowest BCUT2D eigenvalue weighted by molar-refractivity contribution is 0.0927. The van der Waals surface area contributed by atoms with Crippen LogP contribution in [0.15, 0.2) is 23.5 Å². The second kappa shape index (κ2) is 5.69. The highest BCUT2D eigenvalue weighted by molar-refractivity contribution is 5.94. The van der Waals surface area contributed by atoms with Crippen molar-refractivity contribution in [2.45, 2.75) is 32.2 Å². The van der Waals surface area contributed by atoms with Crippen molar-refractivity contribution in [2.75, 3.05) is 0 Å². The van der Waals surface area contributed by atoms with Crippen LogP contribution >= 0.6 is 0 Å². The van der Waals surface area contributed by atoms with Gasteiger partial charge in [-0.05, 0) is 31.4 Å². The zero-order chi connectivity index (χ0) is 13.8. The van der Waals surface area contributed by atoms with Gasteiger partial charge in [0.2, 0.25) is 0 Å². The summed E-state index contributed by atoms with van der Waals surface area (Å²) in [5.41, 5.74) is 6.90. The monoisotopic (exact) mass is 262 g/mol. The zero-order valence-electron chi connectivity index (χ0n) is 10.8. The predicted molar refractivity (Wildman–Crippen MR) is 71.0 cm³/mol. The summed E-state index contributed by atoms with van der Waals surface area (Å²) in [5, 5.41) is 14.7. The molecule has 1 saturated carbocycles. The SMILES string of the molecule is Cc1cccnc1C(=O)NC1CCCC1C(N)=NO. The lowest BCUT2D eigenvalue weighted by atomic mass is 10.0. The molecular weight excluding hydrogens is 244 g/mol. The first-order valence-corrected chi connectivity index (χ1v) is 6.33. The van der Waals surface area contributed by atoms with Gasteiger partial charge >= 0.3 is 0 Å². The van der Waals surface area contributed by atoms with Crippen molar-refractivity contribution in [3.63, 3.8) is 0 Å². The first-order valence-electron chi connectivity index (χ1n) is 6.33. The summed E-state index contributed by atoms with van der Waals surface area (Å²) < 4.78 is 0. The van der Waals surface area contributed by atoms with Crippen molar-refractivity contribution in [1.82, 2.24) is 10.3 Å². The maximum atomic E-state index is 12.2. The molecule has 1 amide bonds. The van der Waals surface area contributed by atoms with Crippen molar-refractivity contribution in [1.29, 1.82) is 0 Å². The number of amides is 1. The van der Waals surface area contributed by atoms with E-state index in [-0.39, 0.29) is 23.7 Å². The van der Waals surface area contributed by atoms with Crippen LogP contribution in [0.5, 0.6) is 0 Å². The molecule has 1 heterocycles. The Bertz CT molecular complexity index is 501. The Morgan fingerprint density at radius 2 is 2.37 bits per heavy atom. The number of aromatic nitrogens is 1. The Morgan fingerprint density at radius 1 is 1.58 bits per heavy atom. The summed E-state index contributed by atoms with van der Waals surface area (Å²) in [6.45, 7) is 1.84. The standard InChI is InChI=1S/C13H18N4O2/c1-8-4-3-7-15-11(8)13(18)16-10-6-2-5-9(10)12(14)17-19/h3-4,7,9-10,19H,2,5-6H2,1H3,(H2,14,17)(H,16,18). The number of carbonyl (C=O) groups is 1. The van der Waals surface area contributed by atoms with Crippen molar-refractivity contribution < 1.29 is 10.0 Å². The van der Waals surface area contributed by atoms with Crippen molar-refractivity contribution in [2.24, 2.45) is 16.8 Å². The van der Waals surface area contributed by atoms with Gasteiger partial charge in [0, 0.05) is 18.2 Å². The quantitative estimate of drug-likeness (QED) is 0.328. The number of oxime groups is 1. The van der Waals surface area contributed by atoms with Crippen molar-refractivity contribution >= 4 is 11.7 Å². The van der Waals surface area contributed by atoms with E-state index in [4.69, 9.17) is 10.9 Å². The molecule has 4 N–H and O–H groups in total. The molecule has 0 spiro atoms. The van der Waals surface area contributed by atoms with E-state index in [1.54, 1.807) is 12.3 Å². The molecule has 2 atom stereocenters. The van der Waals surface area contributed by atoms with Gasteiger partial charge in [0.15, 0.2) is 0 Å². The third-order valence-electron chi connectivity index (χ3n) is 3.55. The second-order valence-electron chi connectivity index (χ2n) is 4.81. The molecule has 1 aromatic rings. The third-order valence-corrected chi connectivity index (χ3v) is 3.55. The Hall–Kier alpha value is -2.11. The van der Waals surface area contributed by atoms with Crippen LogP contribution in [0.25, 0.3) is 0 Å². The molecule has 1 aliphatic carbocycles. The van der Waals surface area contributed by atoms with Gasteiger partial charge < -0.3 is 16.3 Å². The number of rotatable bonds is 3. The average molecular weight is 262 g/mol. The highest BCUT2D eigenvalue weighted by atomic mass is 16.4. The van der Waals surface area contributed by atoms with Crippen LogP contribution in [-0.4, -0.2) is 28.0 Å². The smallest absolute Gasteiger partial charge is 0.270 e. The van der Waals surface area contributed by atoms with E-state index in [0.29, 0.717) is 5.69 Å². The second-order valence-corrected chi connectivity index (χ2v) is 4.81. The Balaban J connectivity index is 2.09. The summed E-state index contributed by atoms with van der Waals surface area (Å²) in [7, 11) is 0. The van der Waals surface area contributed by atoms with Crippen LogP contribution in [0.4, 0.5) is 0 Å². The fourth-order valence-corrected chi connectivity index (χ4v) is 2.52. The van der Waals surface area contributed by atoms with Crippen molar-refractivity contribution in [3.05, 3.63) is 29.6 Å². The molecular formula is C13H18N4O2. The number of nitrogens with two attached hydrogens (primary N) is 1. The molecule has 19 heavy (non-hydrogen) atoms. The van der Waals surface area contributed by atoms with E-state index in [0.717, 1.165) is 24.8 Å². The van der Waals surface area contributed by atoms with Gasteiger partial charge in [0.05, 0.1) is 0 Å². The minimum atomic E-state index is -0.208. The zero-order valence-corrected chi connectivity index (χ0v) is 10.8. The van der Waals surface area contributed by atoms with Crippen LogP contribution in [0.3, 0.4) is 0 Å². The predicted octanol–water partition coefficient (Wildman–Crippen LogP) is 1.03. The molecule has 0 aromatic carbocycles. The lowest BCUT2D eigenvalue weighted by Crippen LogP contribution is -2.42. The number of aryl methyl sites for hydroxylation is 1. The van der Waals surface area contributed by atoms with Gasteiger partial charge in [-0.2, -0.15) is 0 Å². The molecule has 0 saturated heterocycles. The number of nitrogens with one attached hydrogen (secondary N) is 1. The minimum absolute atomic E-state index is 0.0928. The van der Waals surface area contributed by atoms with Gasteiger partial charge in [0.25, 0.3) is 5.91 Å². The maximum absolute atomic E-state index is 12.2. The summed E-state index contributed by atoms with van der Waals surface area (Å²) >= 11 is 0. The Labute approximate surface area is 111 Å². The molecule has 2 rings (SSSR count). The number of hydrogen-bond acceptors (Lipinski definition) is 4. The topological polar surface area (TPSA) is 101 Å². The molecule has 6 nitrogen and oxygen atoms in total. The average Bonchev–Trinajstić information content (AvgIpc) is 2.86. The molecule has 0 bridgehead atoms. The van der Waals surface area contributed by atoms with Crippen LogP contribution in [-0.2, 0) is 0 Å². The number of hydrogen-bond donors (Lipinski definition) is 3. The van der Waals surface area contributed by atoms with Crippen LogP contribution < -0.4 is 11.1 Å². The summed E-state index contributed by atoms with van der Waals surface area (Å²) in [6.07, 6.45) is 4.20. The maximum Gasteiger partial charge on any atom is 0.270 e. The van der Waals surface area contributed by atoms with E-state index < -0.39 is 0 Å². The molecule has 102 valence electrons. The van der Waals surface area contributed by atoms with Crippen LogP contribution in [0.2, 0.25) is 0 Å². The highest BCUT2D eigenvalue weighted by Gasteiger charge is 2.32. The van der Waals surface area contributed by atoms with Gasteiger partial charge in [-0.15, -0.1) is 0 Å². The van der Waals surface area contributed by atoms with Gasteiger partial charge in [-0.3, -0.25) is 9.78 Å². The molecule has 0 radical (unpaired) electrons. The molecule has 1 fully saturated rings. The van der Waals surface area contributed by atoms with Gasteiger partial charge in [-0.25, -0.2) is 0 Å². The highest BCUT2D eigenvalue weighted by Crippen LogP contribution is 2.26. The number of amidine groups is 1. The fourth-order valence-electron chi connectivity index (χ4n) is 2.52. The largest absolute Gasteiger partial charge is 0.409 e. The third kappa shape index (κ3) is 2.83. The molecule has 6 heteroatoms. The van der Waals surface area contributed by atoms with Crippen LogP contribution in [0.1, 0.15) is 35.3 Å². The molecule has 1 aliphatic rings. The Morgan fingerprint density at radius 3 is 3.05 bits per heavy atom. The van der Waals surface area contributed by atoms with E-state index in [1.807, 2.05) is 13.0 Å². The summed E-state index contributed by atoms with van der Waals surface area (Å²) in [4.78, 5) is 16.2. The summed E-state index contributed by atoms with van der Waals surface area (Å²) in [5.74, 6) is -0.126. The molecule has 2 unspecified atom stereocenters. The minimum Gasteiger partial charge on any atom is -0.409 e. The van der Waals surface area contributed by atoms with Gasteiger partial charge in [-0.1, -0.05) is 17.6 Å². The summed E-state index contributed by atoms with van der Waals surface area (Å²) in [6, 6.07) is 3.54.